The van der Waals surface area contributed by atoms with E-state index in [0.29, 0.717) is 11.3 Å². The summed E-state index contributed by atoms with van der Waals surface area (Å²) in [5.41, 5.74) is 3.92. The molecule has 3 aromatic rings. The molecule has 0 bridgehead atoms. The van der Waals surface area contributed by atoms with E-state index in [1.807, 2.05) is 30.3 Å². The number of nitrogens with one attached hydrogen (secondary N) is 1. The molecule has 0 aliphatic carbocycles. The molecule has 1 unspecified atom stereocenters. The van der Waals surface area contributed by atoms with E-state index >= 15 is 0 Å². The molecule has 1 N–H and O–H groups in total. The minimum atomic E-state index is 0.338. The average Bonchev–Trinajstić information content (AvgIpc) is 3.33. The van der Waals surface area contributed by atoms with Gasteiger partial charge in [-0.05, 0) is 48.4 Å². The van der Waals surface area contributed by atoms with E-state index in [0.717, 1.165) is 29.9 Å². The zero-order chi connectivity index (χ0) is 21.3. The highest BCUT2D eigenvalue weighted by atomic mass is 15.2. The Labute approximate surface area is 179 Å². The van der Waals surface area contributed by atoms with E-state index in [2.05, 4.69) is 78.3 Å². The molecule has 1 aliphatic heterocycles. The molecule has 5 heteroatoms. The molecule has 3 heterocycles. The van der Waals surface area contributed by atoms with Crippen molar-refractivity contribution in [1.82, 2.24) is 19.7 Å². The molecular formula is C25H33N5. The lowest BCUT2D eigenvalue weighted by Crippen LogP contribution is -2.31. The lowest BCUT2D eigenvalue weighted by Gasteiger charge is -2.26. The third-order valence-electron chi connectivity index (χ3n) is 5.75. The monoisotopic (exact) mass is 403 g/mol. The van der Waals surface area contributed by atoms with Crippen molar-refractivity contribution in [3.8, 4) is 11.1 Å². The summed E-state index contributed by atoms with van der Waals surface area (Å²) in [5.74, 6) is 1.45. The molecule has 1 aliphatic rings. The van der Waals surface area contributed by atoms with Gasteiger partial charge in [-0.1, -0.05) is 39.0 Å². The van der Waals surface area contributed by atoms with Gasteiger partial charge in [-0.25, -0.2) is 4.98 Å². The van der Waals surface area contributed by atoms with E-state index in [4.69, 9.17) is 0 Å². The molecule has 0 amide bonds. The van der Waals surface area contributed by atoms with Gasteiger partial charge in [-0.15, -0.1) is 0 Å². The lowest BCUT2D eigenvalue weighted by atomic mass is 9.96. The molecule has 1 aromatic carbocycles. The molecule has 2 aromatic heterocycles. The number of hydrogen-bond donors (Lipinski definition) is 1. The minimum absolute atomic E-state index is 0.338. The molecule has 0 saturated carbocycles. The zero-order valence-corrected chi connectivity index (χ0v) is 18.8. The van der Waals surface area contributed by atoms with Gasteiger partial charge in [0.2, 0.25) is 0 Å². The fourth-order valence-corrected chi connectivity index (χ4v) is 4.42. The number of nitrogens with zero attached hydrogens (tertiary/aromatic N) is 4. The molecular weight excluding hydrogens is 370 g/mol. The first-order chi connectivity index (χ1) is 14.3. The van der Waals surface area contributed by atoms with E-state index in [9.17, 15) is 0 Å². The van der Waals surface area contributed by atoms with Crippen LogP contribution in [-0.4, -0.2) is 39.3 Å². The Morgan fingerprint density at radius 1 is 1.17 bits per heavy atom. The van der Waals surface area contributed by atoms with Gasteiger partial charge in [0.1, 0.15) is 5.82 Å². The summed E-state index contributed by atoms with van der Waals surface area (Å²) in [4.78, 5) is 7.26. The minimum Gasteiger partial charge on any atom is -0.344 e. The standard InChI is InChI=1S/C25H33N5/c1-6-23(20-9-10-30(16-20)17-25(2,3)4)28-24-12-21-11-18(7-8-19(21)13-26-24)22-14-27-29(5)15-22/h6-8,11-15,20H,9-10,16-17H2,1-5H3,(H,26,28)/b23-6+. The molecule has 1 saturated heterocycles. The quantitative estimate of drug-likeness (QED) is 0.626. The number of hydrogen-bond acceptors (Lipinski definition) is 4. The van der Waals surface area contributed by atoms with E-state index in [-0.39, 0.29) is 0 Å². The second-order valence-corrected chi connectivity index (χ2v) is 9.68. The zero-order valence-electron chi connectivity index (χ0n) is 18.8. The summed E-state index contributed by atoms with van der Waals surface area (Å²) in [6.07, 6.45) is 9.31. The second-order valence-electron chi connectivity index (χ2n) is 9.68. The van der Waals surface area contributed by atoms with Crippen LogP contribution < -0.4 is 5.32 Å². The maximum Gasteiger partial charge on any atom is 0.130 e. The number of rotatable bonds is 5. The second kappa shape index (κ2) is 8.23. The van der Waals surface area contributed by atoms with Gasteiger partial charge in [-0.2, -0.15) is 5.10 Å². The molecule has 1 atom stereocenters. The van der Waals surface area contributed by atoms with Crippen LogP contribution >= 0.6 is 0 Å². The van der Waals surface area contributed by atoms with Crippen LogP contribution in [0.25, 0.3) is 21.9 Å². The molecule has 30 heavy (non-hydrogen) atoms. The van der Waals surface area contributed by atoms with Crippen LogP contribution in [0.2, 0.25) is 0 Å². The molecule has 0 radical (unpaired) electrons. The molecule has 1 fully saturated rings. The third-order valence-corrected chi connectivity index (χ3v) is 5.75. The molecule has 5 nitrogen and oxygen atoms in total. The van der Waals surface area contributed by atoms with Crippen LogP contribution in [0.3, 0.4) is 0 Å². The average molecular weight is 404 g/mol. The Morgan fingerprint density at radius 2 is 2.00 bits per heavy atom. The van der Waals surface area contributed by atoms with Crippen molar-refractivity contribution in [2.24, 2.45) is 18.4 Å². The first-order valence-corrected chi connectivity index (χ1v) is 10.9. The van der Waals surface area contributed by atoms with Crippen molar-refractivity contribution in [3.63, 3.8) is 0 Å². The van der Waals surface area contributed by atoms with E-state index in [1.54, 1.807) is 0 Å². The predicted octanol–water partition coefficient (Wildman–Crippen LogP) is 5.32. The van der Waals surface area contributed by atoms with Gasteiger partial charge in [0, 0.05) is 55.1 Å². The highest BCUT2D eigenvalue weighted by molar-refractivity contribution is 5.88. The number of benzene rings is 1. The topological polar surface area (TPSA) is 46.0 Å². The summed E-state index contributed by atoms with van der Waals surface area (Å²) in [6.45, 7) is 12.5. The predicted molar refractivity (Wildman–Crippen MR) is 125 cm³/mol. The first-order valence-electron chi connectivity index (χ1n) is 10.9. The summed E-state index contributed by atoms with van der Waals surface area (Å²) in [6, 6.07) is 8.63. The summed E-state index contributed by atoms with van der Waals surface area (Å²) in [5, 5.41) is 10.2. The SMILES string of the molecule is C/C=C(/Nc1cc2cc(-c3cnn(C)c3)ccc2cn1)C1CCN(CC(C)(C)C)C1. The smallest absolute Gasteiger partial charge is 0.130 e. The third kappa shape index (κ3) is 4.73. The summed E-state index contributed by atoms with van der Waals surface area (Å²) in [7, 11) is 1.95. The van der Waals surface area contributed by atoms with Gasteiger partial charge < -0.3 is 10.2 Å². The van der Waals surface area contributed by atoms with E-state index in [1.165, 1.54) is 29.6 Å². The molecule has 158 valence electrons. The van der Waals surface area contributed by atoms with Crippen molar-refractivity contribution >= 4 is 16.6 Å². The van der Waals surface area contributed by atoms with Crippen LogP contribution in [0.1, 0.15) is 34.1 Å². The van der Waals surface area contributed by atoms with Crippen LogP contribution in [0, 0.1) is 11.3 Å². The fourth-order valence-electron chi connectivity index (χ4n) is 4.42. The van der Waals surface area contributed by atoms with Crippen LogP contribution in [0.5, 0.6) is 0 Å². The fraction of sp³-hybridized carbons (Fsp3) is 0.440. The normalized spacial score (nSPS) is 18.3. The van der Waals surface area contributed by atoms with Gasteiger partial charge in [0.25, 0.3) is 0 Å². The number of likely N-dealkylation sites (tertiary alicyclic amines) is 1. The van der Waals surface area contributed by atoms with E-state index < -0.39 is 0 Å². The van der Waals surface area contributed by atoms with Crippen LogP contribution in [0.4, 0.5) is 5.82 Å². The Bertz CT molecular complexity index is 1060. The largest absolute Gasteiger partial charge is 0.344 e. The number of allylic oxidation sites excluding steroid dienone is 1. The molecule has 0 spiro atoms. The van der Waals surface area contributed by atoms with Gasteiger partial charge in [0.15, 0.2) is 0 Å². The van der Waals surface area contributed by atoms with Gasteiger partial charge in [-0.3, -0.25) is 4.68 Å². The number of fused-ring (bicyclic) bond motifs is 1. The van der Waals surface area contributed by atoms with Crippen molar-refractivity contribution in [2.45, 2.75) is 34.1 Å². The first kappa shape index (κ1) is 20.6. The van der Waals surface area contributed by atoms with Crippen molar-refractivity contribution in [2.75, 3.05) is 25.0 Å². The highest BCUT2D eigenvalue weighted by Crippen LogP contribution is 2.29. The van der Waals surface area contributed by atoms with Gasteiger partial charge >= 0.3 is 0 Å². The lowest BCUT2D eigenvalue weighted by molar-refractivity contribution is 0.223. The van der Waals surface area contributed by atoms with Crippen LogP contribution in [-0.2, 0) is 7.05 Å². The maximum absolute atomic E-state index is 4.67. The van der Waals surface area contributed by atoms with Gasteiger partial charge in [0.05, 0.1) is 6.20 Å². The summed E-state index contributed by atoms with van der Waals surface area (Å²) < 4.78 is 1.84. The van der Waals surface area contributed by atoms with Crippen molar-refractivity contribution in [1.29, 1.82) is 0 Å². The Balaban J connectivity index is 1.51. The van der Waals surface area contributed by atoms with Crippen molar-refractivity contribution < 1.29 is 0 Å². The van der Waals surface area contributed by atoms with Crippen molar-refractivity contribution in [3.05, 3.63) is 54.6 Å². The number of aromatic nitrogens is 3. The number of pyridine rings is 1. The Hall–Kier alpha value is -2.66. The maximum atomic E-state index is 4.67. The number of anilines is 1. The Morgan fingerprint density at radius 3 is 2.70 bits per heavy atom. The molecule has 4 rings (SSSR count). The Kier molecular flexibility index (Phi) is 5.65. The highest BCUT2D eigenvalue weighted by Gasteiger charge is 2.28. The summed E-state index contributed by atoms with van der Waals surface area (Å²) >= 11 is 0. The van der Waals surface area contributed by atoms with Crippen LogP contribution in [0.15, 0.2) is 54.6 Å². The number of aryl methyl sites for hydroxylation is 1.